The minimum absolute atomic E-state index is 0.552. The van der Waals surface area contributed by atoms with E-state index in [4.69, 9.17) is 29.9 Å². The highest BCUT2D eigenvalue weighted by molar-refractivity contribution is 5.84. The second kappa shape index (κ2) is 16.9. The van der Waals surface area contributed by atoms with Gasteiger partial charge in [-0.3, -0.25) is 0 Å². The van der Waals surface area contributed by atoms with Gasteiger partial charge < -0.3 is 0 Å². The molecule has 0 saturated heterocycles. The Morgan fingerprint density at radius 2 is 0.548 bits per heavy atom. The average molecular weight is 794 g/mol. The standard InChI is InChI=1S/C55H35N7/c56-36-37-16-12-23-41(32-37)42-24-13-25-43(33-42)44-26-14-28-46(34-44)53-58-50(38-17-4-1-5-18-38)59-54(60-53)47-29-15-27-45(35-47)48-30-10-11-31-49(48)55-61-51(39-19-6-2-7-20-39)57-52(62-55)40-21-8-3-9-22-40/h1-35H. The Morgan fingerprint density at radius 1 is 0.242 bits per heavy atom. The number of hydrogen-bond acceptors (Lipinski definition) is 7. The van der Waals surface area contributed by atoms with Crippen molar-refractivity contribution in [3.05, 3.63) is 218 Å². The second-order valence-electron chi connectivity index (χ2n) is 14.7. The minimum Gasteiger partial charge on any atom is -0.208 e. The molecule has 0 aliphatic heterocycles. The van der Waals surface area contributed by atoms with Gasteiger partial charge in [-0.25, -0.2) is 29.9 Å². The van der Waals surface area contributed by atoms with Crippen LogP contribution in [-0.2, 0) is 0 Å². The topological polar surface area (TPSA) is 101 Å². The molecule has 7 heteroatoms. The van der Waals surface area contributed by atoms with Gasteiger partial charge in [0.25, 0.3) is 0 Å². The average Bonchev–Trinajstić information content (AvgIpc) is 3.37. The first kappa shape index (κ1) is 37.5. The summed E-state index contributed by atoms with van der Waals surface area (Å²) in [6.45, 7) is 0. The van der Waals surface area contributed by atoms with Gasteiger partial charge in [-0.05, 0) is 63.7 Å². The quantitative estimate of drug-likeness (QED) is 0.143. The van der Waals surface area contributed by atoms with Crippen molar-refractivity contribution in [2.24, 2.45) is 0 Å². The Balaban J connectivity index is 1.06. The minimum atomic E-state index is 0.552. The summed E-state index contributed by atoms with van der Waals surface area (Å²) in [7, 11) is 0. The van der Waals surface area contributed by atoms with Gasteiger partial charge in [0.1, 0.15) is 0 Å². The van der Waals surface area contributed by atoms with Crippen molar-refractivity contribution in [3.8, 4) is 108 Å². The summed E-state index contributed by atoms with van der Waals surface area (Å²) in [4.78, 5) is 30.3. The molecular formula is C55H35N7. The fraction of sp³-hybridized carbons (Fsp3) is 0. The van der Waals surface area contributed by atoms with Crippen LogP contribution in [0.5, 0.6) is 0 Å². The van der Waals surface area contributed by atoms with Crippen molar-refractivity contribution in [1.29, 1.82) is 5.26 Å². The Bertz CT molecular complexity index is 3200. The Kier molecular flexibility index (Phi) is 10.2. The van der Waals surface area contributed by atoms with Crippen LogP contribution in [0.25, 0.3) is 102 Å². The number of hydrogen-bond donors (Lipinski definition) is 0. The first-order valence-corrected chi connectivity index (χ1v) is 20.3. The maximum absolute atomic E-state index is 9.49. The molecule has 2 aromatic heterocycles. The molecule has 0 fully saturated rings. The summed E-state index contributed by atoms with van der Waals surface area (Å²) >= 11 is 0. The smallest absolute Gasteiger partial charge is 0.164 e. The molecule has 0 bridgehead atoms. The highest BCUT2D eigenvalue weighted by Crippen LogP contribution is 2.35. The first-order chi connectivity index (χ1) is 30.6. The molecule has 0 radical (unpaired) electrons. The molecule has 62 heavy (non-hydrogen) atoms. The SMILES string of the molecule is N#Cc1cccc(-c2cccc(-c3cccc(-c4nc(-c5ccccc5)nc(-c5cccc(-c6ccccc6-c6nc(-c7ccccc7)nc(-c7ccccc7)n6)c5)n4)c3)c2)c1. The zero-order valence-electron chi connectivity index (χ0n) is 33.3. The molecular weight excluding hydrogens is 759 g/mol. The lowest BCUT2D eigenvalue weighted by Gasteiger charge is -2.13. The van der Waals surface area contributed by atoms with Gasteiger partial charge in [0.15, 0.2) is 34.9 Å². The summed E-state index contributed by atoms with van der Waals surface area (Å²) in [5, 5.41) is 9.49. The zero-order chi connectivity index (χ0) is 41.7. The van der Waals surface area contributed by atoms with E-state index in [1.807, 2.05) is 158 Å². The zero-order valence-corrected chi connectivity index (χ0v) is 33.3. The van der Waals surface area contributed by atoms with Gasteiger partial charge in [0.05, 0.1) is 11.6 Å². The van der Waals surface area contributed by atoms with Crippen molar-refractivity contribution in [2.45, 2.75) is 0 Å². The molecule has 7 nitrogen and oxygen atoms in total. The maximum Gasteiger partial charge on any atom is 0.164 e. The van der Waals surface area contributed by atoms with Crippen LogP contribution in [0.4, 0.5) is 0 Å². The lowest BCUT2D eigenvalue weighted by Crippen LogP contribution is -2.01. The van der Waals surface area contributed by atoms with E-state index in [-0.39, 0.29) is 0 Å². The molecule has 2 heterocycles. The van der Waals surface area contributed by atoms with Crippen molar-refractivity contribution in [1.82, 2.24) is 29.9 Å². The highest BCUT2D eigenvalue weighted by Gasteiger charge is 2.18. The largest absolute Gasteiger partial charge is 0.208 e. The van der Waals surface area contributed by atoms with Crippen LogP contribution < -0.4 is 0 Å². The number of nitriles is 1. The van der Waals surface area contributed by atoms with E-state index in [9.17, 15) is 5.26 Å². The van der Waals surface area contributed by atoms with Crippen molar-refractivity contribution in [2.75, 3.05) is 0 Å². The molecule has 0 N–H and O–H groups in total. The number of aromatic nitrogens is 6. The third kappa shape index (κ3) is 7.87. The molecule has 0 spiro atoms. The molecule has 0 aliphatic carbocycles. The Hall–Kier alpha value is -8.73. The van der Waals surface area contributed by atoms with Gasteiger partial charge in [-0.15, -0.1) is 0 Å². The Morgan fingerprint density at radius 3 is 1.02 bits per heavy atom. The van der Waals surface area contributed by atoms with E-state index in [0.717, 1.165) is 66.8 Å². The van der Waals surface area contributed by atoms with Crippen LogP contribution in [-0.4, -0.2) is 29.9 Å². The van der Waals surface area contributed by atoms with Gasteiger partial charge in [0, 0.05) is 33.4 Å². The van der Waals surface area contributed by atoms with Crippen LogP contribution in [0.15, 0.2) is 212 Å². The molecule has 0 aliphatic rings. The number of rotatable bonds is 9. The monoisotopic (exact) mass is 793 g/mol. The van der Waals surface area contributed by atoms with Gasteiger partial charge in [-0.2, -0.15) is 5.26 Å². The molecule has 10 rings (SSSR count). The third-order valence-electron chi connectivity index (χ3n) is 10.6. The van der Waals surface area contributed by atoms with E-state index in [1.54, 1.807) is 0 Å². The van der Waals surface area contributed by atoms with Gasteiger partial charge in [0.2, 0.25) is 0 Å². The fourth-order valence-corrected chi connectivity index (χ4v) is 7.52. The van der Waals surface area contributed by atoms with Crippen LogP contribution in [0.3, 0.4) is 0 Å². The lowest BCUT2D eigenvalue weighted by molar-refractivity contribution is 1.07. The van der Waals surface area contributed by atoms with E-state index in [1.165, 1.54) is 0 Å². The second-order valence-corrected chi connectivity index (χ2v) is 14.7. The first-order valence-electron chi connectivity index (χ1n) is 20.3. The van der Waals surface area contributed by atoms with Crippen LogP contribution >= 0.6 is 0 Å². The van der Waals surface area contributed by atoms with Crippen molar-refractivity contribution in [3.63, 3.8) is 0 Å². The summed E-state index contributed by atoms with van der Waals surface area (Å²) in [5.41, 5.74) is 11.9. The summed E-state index contributed by atoms with van der Waals surface area (Å²) < 4.78 is 0. The molecule has 0 saturated carbocycles. The predicted molar refractivity (Wildman–Crippen MR) is 247 cm³/mol. The fourth-order valence-electron chi connectivity index (χ4n) is 7.52. The van der Waals surface area contributed by atoms with Crippen LogP contribution in [0.2, 0.25) is 0 Å². The molecule has 0 amide bonds. The maximum atomic E-state index is 9.49. The lowest BCUT2D eigenvalue weighted by atomic mass is 9.97. The molecule has 290 valence electrons. The molecule has 10 aromatic rings. The van der Waals surface area contributed by atoms with E-state index >= 15 is 0 Å². The van der Waals surface area contributed by atoms with E-state index in [2.05, 4.69) is 60.7 Å². The number of nitrogens with zero attached hydrogens (tertiary/aromatic N) is 7. The van der Waals surface area contributed by atoms with Crippen LogP contribution in [0.1, 0.15) is 5.56 Å². The van der Waals surface area contributed by atoms with E-state index in [0.29, 0.717) is 40.5 Å². The summed E-state index contributed by atoms with van der Waals surface area (Å²) in [6, 6.07) is 73.0. The molecule has 0 atom stereocenters. The molecule has 0 unspecified atom stereocenters. The van der Waals surface area contributed by atoms with Crippen molar-refractivity contribution < 1.29 is 0 Å². The predicted octanol–water partition coefficient (Wildman–Crippen LogP) is 12.9. The Labute approximate surface area is 359 Å². The van der Waals surface area contributed by atoms with Gasteiger partial charge in [-0.1, -0.05) is 182 Å². The van der Waals surface area contributed by atoms with E-state index < -0.39 is 0 Å². The normalized spacial score (nSPS) is 10.9. The number of benzene rings is 8. The highest BCUT2D eigenvalue weighted by atomic mass is 15.0. The summed E-state index contributed by atoms with van der Waals surface area (Å²) in [6.07, 6.45) is 0. The van der Waals surface area contributed by atoms with Gasteiger partial charge >= 0.3 is 0 Å². The third-order valence-corrected chi connectivity index (χ3v) is 10.6. The molecule has 8 aromatic carbocycles. The van der Waals surface area contributed by atoms with Crippen LogP contribution in [0, 0.1) is 11.3 Å². The van der Waals surface area contributed by atoms with Crippen molar-refractivity contribution >= 4 is 0 Å². The summed E-state index contributed by atoms with van der Waals surface area (Å²) in [5.74, 6) is 3.47.